The number of hydrogen-bond donors (Lipinski definition) is 2. The zero-order valence-corrected chi connectivity index (χ0v) is 18.9. The van der Waals surface area contributed by atoms with Crippen LogP contribution < -0.4 is 10.0 Å². The molecule has 1 aromatic carbocycles. The molecular formula is C22H33N3O4S. The van der Waals surface area contributed by atoms with E-state index in [0.29, 0.717) is 25.6 Å². The van der Waals surface area contributed by atoms with Crippen LogP contribution in [0.3, 0.4) is 0 Å². The van der Waals surface area contributed by atoms with Gasteiger partial charge in [0.25, 0.3) is 0 Å². The van der Waals surface area contributed by atoms with Gasteiger partial charge in [-0.2, -0.15) is 4.72 Å². The van der Waals surface area contributed by atoms with Crippen LogP contribution in [0.25, 0.3) is 0 Å². The maximum Gasteiger partial charge on any atom is 0.241 e. The van der Waals surface area contributed by atoms with Crippen molar-refractivity contribution >= 4 is 21.8 Å². The Morgan fingerprint density at radius 2 is 1.80 bits per heavy atom. The number of piperidine rings is 1. The van der Waals surface area contributed by atoms with Crippen molar-refractivity contribution in [1.29, 1.82) is 0 Å². The van der Waals surface area contributed by atoms with E-state index < -0.39 is 16.1 Å². The molecule has 2 N–H and O–H groups in total. The Kier molecular flexibility index (Phi) is 7.18. The summed E-state index contributed by atoms with van der Waals surface area (Å²) in [7, 11) is -3.82. The lowest BCUT2D eigenvalue weighted by atomic mass is 9.95. The third-order valence-corrected chi connectivity index (χ3v) is 7.37. The van der Waals surface area contributed by atoms with E-state index >= 15 is 0 Å². The van der Waals surface area contributed by atoms with Crippen molar-refractivity contribution in [2.24, 2.45) is 17.8 Å². The molecule has 1 saturated heterocycles. The highest BCUT2D eigenvalue weighted by atomic mass is 32.2. The number of carbonyl (C=O) groups is 2. The summed E-state index contributed by atoms with van der Waals surface area (Å²) in [5.41, 5.74) is 0.963. The summed E-state index contributed by atoms with van der Waals surface area (Å²) in [4.78, 5) is 27.5. The van der Waals surface area contributed by atoms with Gasteiger partial charge in [0.15, 0.2) is 0 Å². The minimum atomic E-state index is -3.82. The summed E-state index contributed by atoms with van der Waals surface area (Å²) >= 11 is 0. The van der Waals surface area contributed by atoms with Crippen LogP contribution in [0, 0.1) is 24.7 Å². The Morgan fingerprint density at radius 3 is 2.40 bits per heavy atom. The molecule has 2 amide bonds. The second-order valence-electron chi connectivity index (χ2n) is 8.97. The average molecular weight is 436 g/mol. The van der Waals surface area contributed by atoms with Crippen LogP contribution in [0.4, 0.5) is 0 Å². The van der Waals surface area contributed by atoms with Gasteiger partial charge in [-0.1, -0.05) is 31.5 Å². The first-order chi connectivity index (χ1) is 14.2. The van der Waals surface area contributed by atoms with E-state index in [0.717, 1.165) is 18.4 Å². The van der Waals surface area contributed by atoms with Gasteiger partial charge in [0.2, 0.25) is 21.8 Å². The molecule has 166 valence electrons. The minimum Gasteiger partial charge on any atom is -0.356 e. The SMILES string of the molecule is Cc1ccc(S(=O)(=O)N[C@@H](C(=O)N2CCC[C@@H](C(=O)NCC3CC3)C2)C(C)C)cc1. The van der Waals surface area contributed by atoms with Crippen LogP contribution in [-0.2, 0) is 19.6 Å². The molecule has 30 heavy (non-hydrogen) atoms. The van der Waals surface area contributed by atoms with Crippen molar-refractivity contribution in [3.63, 3.8) is 0 Å². The first kappa shape index (κ1) is 22.7. The fraction of sp³-hybridized carbons (Fsp3) is 0.636. The maximum absolute atomic E-state index is 13.2. The summed E-state index contributed by atoms with van der Waals surface area (Å²) in [6.45, 7) is 7.13. The number of rotatable bonds is 8. The Hall–Kier alpha value is -1.93. The summed E-state index contributed by atoms with van der Waals surface area (Å²) in [6.07, 6.45) is 3.84. The number of aryl methyl sites for hydroxylation is 1. The summed E-state index contributed by atoms with van der Waals surface area (Å²) < 4.78 is 28.3. The standard InChI is InChI=1S/C22H33N3O4S/c1-15(2)20(24-30(28,29)19-10-6-16(3)7-11-19)22(27)25-12-4-5-18(14-25)21(26)23-13-17-8-9-17/h6-7,10-11,15,17-18,20,24H,4-5,8-9,12-14H2,1-3H3,(H,23,26)/t18-,20-/m1/s1. The van der Waals surface area contributed by atoms with Crippen LogP contribution >= 0.6 is 0 Å². The van der Waals surface area contributed by atoms with E-state index in [-0.39, 0.29) is 28.5 Å². The number of likely N-dealkylation sites (tertiary alicyclic amines) is 1. The molecule has 2 atom stereocenters. The average Bonchev–Trinajstić information content (AvgIpc) is 3.54. The van der Waals surface area contributed by atoms with E-state index in [9.17, 15) is 18.0 Å². The van der Waals surface area contributed by atoms with E-state index in [4.69, 9.17) is 0 Å². The Bertz CT molecular complexity index is 863. The van der Waals surface area contributed by atoms with E-state index in [2.05, 4.69) is 10.0 Å². The van der Waals surface area contributed by atoms with E-state index in [1.807, 2.05) is 20.8 Å². The van der Waals surface area contributed by atoms with Crippen molar-refractivity contribution in [3.05, 3.63) is 29.8 Å². The van der Waals surface area contributed by atoms with Crippen LogP contribution in [0.5, 0.6) is 0 Å². The Morgan fingerprint density at radius 1 is 1.13 bits per heavy atom. The van der Waals surface area contributed by atoms with Crippen molar-refractivity contribution in [2.45, 2.75) is 57.4 Å². The van der Waals surface area contributed by atoms with E-state index in [1.165, 1.54) is 12.8 Å². The molecule has 7 nitrogen and oxygen atoms in total. The largest absolute Gasteiger partial charge is 0.356 e. The monoisotopic (exact) mass is 435 g/mol. The number of amides is 2. The van der Waals surface area contributed by atoms with Crippen molar-refractivity contribution < 1.29 is 18.0 Å². The highest BCUT2D eigenvalue weighted by Crippen LogP contribution is 2.28. The lowest BCUT2D eigenvalue weighted by Gasteiger charge is -2.35. The number of nitrogens with one attached hydrogen (secondary N) is 2. The molecule has 2 fully saturated rings. The molecule has 1 saturated carbocycles. The number of nitrogens with zero attached hydrogens (tertiary/aromatic N) is 1. The molecule has 0 aromatic heterocycles. The molecule has 0 spiro atoms. The topological polar surface area (TPSA) is 95.6 Å². The molecule has 1 aliphatic carbocycles. The van der Waals surface area contributed by atoms with Gasteiger partial charge in [-0.3, -0.25) is 9.59 Å². The Labute approximate surface area is 179 Å². The number of hydrogen-bond acceptors (Lipinski definition) is 4. The van der Waals surface area contributed by atoms with Gasteiger partial charge in [-0.05, 0) is 56.6 Å². The van der Waals surface area contributed by atoms with Gasteiger partial charge in [0, 0.05) is 19.6 Å². The number of sulfonamides is 1. The first-order valence-corrected chi connectivity index (χ1v) is 12.3. The smallest absolute Gasteiger partial charge is 0.241 e. The fourth-order valence-corrected chi connectivity index (χ4v) is 5.06. The second-order valence-corrected chi connectivity index (χ2v) is 10.7. The van der Waals surface area contributed by atoms with Gasteiger partial charge in [0.05, 0.1) is 10.8 Å². The second kappa shape index (κ2) is 9.47. The normalized spacial score (nSPS) is 20.8. The fourth-order valence-electron chi connectivity index (χ4n) is 3.72. The first-order valence-electron chi connectivity index (χ1n) is 10.8. The van der Waals surface area contributed by atoms with Crippen LogP contribution in [0.15, 0.2) is 29.2 Å². The number of carbonyl (C=O) groups excluding carboxylic acids is 2. The highest BCUT2D eigenvalue weighted by molar-refractivity contribution is 7.89. The quantitative estimate of drug-likeness (QED) is 0.653. The van der Waals surface area contributed by atoms with E-state index in [1.54, 1.807) is 29.2 Å². The molecule has 1 aromatic rings. The third-order valence-electron chi connectivity index (χ3n) is 5.91. The molecule has 0 unspecified atom stereocenters. The molecule has 0 bridgehead atoms. The minimum absolute atomic E-state index is 0.000679. The predicted octanol–water partition coefficient (Wildman–Crippen LogP) is 2.06. The van der Waals surface area contributed by atoms with Gasteiger partial charge >= 0.3 is 0 Å². The van der Waals surface area contributed by atoms with Gasteiger partial charge < -0.3 is 10.2 Å². The van der Waals surface area contributed by atoms with Crippen molar-refractivity contribution in [1.82, 2.24) is 14.9 Å². The van der Waals surface area contributed by atoms with Crippen LogP contribution in [0.1, 0.15) is 45.1 Å². The maximum atomic E-state index is 13.2. The van der Waals surface area contributed by atoms with Gasteiger partial charge in [-0.25, -0.2) is 8.42 Å². The molecule has 8 heteroatoms. The molecule has 0 radical (unpaired) electrons. The van der Waals surface area contributed by atoms with Gasteiger partial charge in [-0.15, -0.1) is 0 Å². The molecule has 2 aliphatic rings. The predicted molar refractivity (Wildman–Crippen MR) is 115 cm³/mol. The summed E-state index contributed by atoms with van der Waals surface area (Å²) in [5.74, 6) is -0.109. The van der Waals surface area contributed by atoms with Crippen molar-refractivity contribution in [2.75, 3.05) is 19.6 Å². The number of benzene rings is 1. The lowest BCUT2D eigenvalue weighted by Crippen LogP contribution is -2.54. The zero-order chi connectivity index (χ0) is 21.9. The van der Waals surface area contributed by atoms with Gasteiger partial charge in [0.1, 0.15) is 6.04 Å². The van der Waals surface area contributed by atoms with Crippen molar-refractivity contribution in [3.8, 4) is 0 Å². The lowest BCUT2D eigenvalue weighted by molar-refractivity contribution is -0.138. The summed E-state index contributed by atoms with van der Waals surface area (Å²) in [5, 5.41) is 3.00. The van der Waals surface area contributed by atoms with Crippen LogP contribution in [0.2, 0.25) is 0 Å². The third kappa shape index (κ3) is 5.82. The molecule has 3 rings (SSSR count). The van der Waals surface area contributed by atoms with Crippen LogP contribution in [-0.4, -0.2) is 50.8 Å². The molecule has 1 aliphatic heterocycles. The molecular weight excluding hydrogens is 402 g/mol. The highest BCUT2D eigenvalue weighted by Gasteiger charge is 2.35. The zero-order valence-electron chi connectivity index (χ0n) is 18.1. The Balaban J connectivity index is 1.66. The molecule has 1 heterocycles. The summed E-state index contributed by atoms with van der Waals surface area (Å²) in [6, 6.07) is 5.68.